The molecule has 1 heterocycles. The van der Waals surface area contributed by atoms with Crippen molar-refractivity contribution in [2.24, 2.45) is 0 Å². The lowest BCUT2D eigenvalue weighted by Gasteiger charge is -2.09. The molecule has 0 radical (unpaired) electrons. The van der Waals surface area contributed by atoms with Crippen LogP contribution in [0.3, 0.4) is 0 Å². The topological polar surface area (TPSA) is 40.5 Å². The van der Waals surface area contributed by atoms with E-state index in [-0.39, 0.29) is 0 Å². The number of benzene rings is 1. The predicted octanol–water partition coefficient (Wildman–Crippen LogP) is 1.47. The van der Waals surface area contributed by atoms with Crippen molar-refractivity contribution >= 4 is 11.7 Å². The van der Waals surface area contributed by atoms with Gasteiger partial charge in [-0.05, 0) is 37.1 Å². The third-order valence-corrected chi connectivity index (χ3v) is 2.54. The van der Waals surface area contributed by atoms with Gasteiger partial charge >= 0.3 is 5.97 Å². The number of fused-ring (bicyclic) bond motifs is 1. The molecule has 1 aliphatic rings. The van der Waals surface area contributed by atoms with Gasteiger partial charge in [0, 0.05) is 24.1 Å². The standard InChI is InChI=1S/C14H11NO2/c1-2-8-15-9-7-12-10-11(3-5-13(12)15)4-6-14(16)17/h3,5,10H,7,9H2,1H3,(H,16,17). The fourth-order valence-electron chi connectivity index (χ4n) is 1.86. The fraction of sp³-hybridized carbons (Fsp3) is 0.214. The van der Waals surface area contributed by atoms with Gasteiger partial charge in [0.2, 0.25) is 0 Å². The van der Waals surface area contributed by atoms with Crippen LogP contribution in [0.15, 0.2) is 18.2 Å². The number of anilines is 1. The van der Waals surface area contributed by atoms with Crippen LogP contribution in [0.5, 0.6) is 0 Å². The molecule has 3 nitrogen and oxygen atoms in total. The third kappa shape index (κ3) is 2.41. The Labute approximate surface area is 100 Å². The summed E-state index contributed by atoms with van der Waals surface area (Å²) in [6.45, 7) is 2.69. The van der Waals surface area contributed by atoms with Crippen LogP contribution in [0.4, 0.5) is 5.69 Å². The Morgan fingerprint density at radius 2 is 2.29 bits per heavy atom. The second-order valence-corrected chi connectivity index (χ2v) is 3.66. The van der Waals surface area contributed by atoms with Crippen LogP contribution in [-0.4, -0.2) is 17.6 Å². The summed E-state index contributed by atoms with van der Waals surface area (Å²) in [4.78, 5) is 12.3. The molecule has 0 bridgehead atoms. The molecule has 1 aliphatic heterocycles. The van der Waals surface area contributed by atoms with Gasteiger partial charge in [-0.25, -0.2) is 4.79 Å². The van der Waals surface area contributed by atoms with Crippen molar-refractivity contribution in [3.05, 3.63) is 29.3 Å². The van der Waals surface area contributed by atoms with Gasteiger partial charge in [-0.1, -0.05) is 11.8 Å². The van der Waals surface area contributed by atoms with Gasteiger partial charge in [-0.3, -0.25) is 0 Å². The maximum absolute atomic E-state index is 10.3. The minimum atomic E-state index is -1.11. The van der Waals surface area contributed by atoms with E-state index in [4.69, 9.17) is 5.11 Å². The Hall–Kier alpha value is -2.39. The summed E-state index contributed by atoms with van der Waals surface area (Å²) in [6, 6.07) is 8.72. The maximum Gasteiger partial charge on any atom is 0.382 e. The molecule has 2 rings (SSSR count). The normalized spacial score (nSPS) is 11.9. The van der Waals surface area contributed by atoms with Gasteiger partial charge < -0.3 is 10.0 Å². The van der Waals surface area contributed by atoms with Gasteiger partial charge in [0.1, 0.15) is 0 Å². The van der Waals surface area contributed by atoms with Crippen molar-refractivity contribution in [1.82, 2.24) is 0 Å². The first kappa shape index (κ1) is 11.1. The highest BCUT2D eigenvalue weighted by atomic mass is 16.4. The van der Waals surface area contributed by atoms with Crippen LogP contribution >= 0.6 is 0 Å². The first-order valence-electron chi connectivity index (χ1n) is 5.28. The molecule has 0 aromatic heterocycles. The van der Waals surface area contributed by atoms with Gasteiger partial charge in [-0.15, -0.1) is 0 Å². The zero-order chi connectivity index (χ0) is 12.3. The van der Waals surface area contributed by atoms with Crippen LogP contribution in [-0.2, 0) is 11.2 Å². The average Bonchev–Trinajstić information content (AvgIpc) is 2.70. The Morgan fingerprint density at radius 3 is 3.00 bits per heavy atom. The Balaban J connectivity index is 2.31. The first-order chi connectivity index (χ1) is 8.20. The fourth-order valence-corrected chi connectivity index (χ4v) is 1.86. The average molecular weight is 225 g/mol. The molecule has 84 valence electrons. The van der Waals surface area contributed by atoms with Crippen molar-refractivity contribution in [2.45, 2.75) is 13.3 Å². The van der Waals surface area contributed by atoms with Crippen LogP contribution in [0.2, 0.25) is 0 Å². The van der Waals surface area contributed by atoms with E-state index < -0.39 is 5.97 Å². The lowest BCUT2D eigenvalue weighted by Crippen LogP contribution is -2.12. The minimum Gasteiger partial charge on any atom is -0.472 e. The number of hydrogen-bond acceptors (Lipinski definition) is 2. The quantitative estimate of drug-likeness (QED) is 0.680. The predicted molar refractivity (Wildman–Crippen MR) is 65.5 cm³/mol. The molecule has 0 saturated heterocycles. The number of hydrogen-bond donors (Lipinski definition) is 1. The van der Waals surface area contributed by atoms with E-state index in [1.165, 1.54) is 5.56 Å². The number of aliphatic carboxylic acids is 1. The number of carboxylic acid groups (broad SMARTS) is 1. The second-order valence-electron chi connectivity index (χ2n) is 3.66. The zero-order valence-corrected chi connectivity index (χ0v) is 9.45. The summed E-state index contributed by atoms with van der Waals surface area (Å²) < 4.78 is 0. The first-order valence-corrected chi connectivity index (χ1v) is 5.28. The van der Waals surface area contributed by atoms with Crippen molar-refractivity contribution in [2.75, 3.05) is 11.4 Å². The van der Waals surface area contributed by atoms with Crippen molar-refractivity contribution in [1.29, 1.82) is 0 Å². The largest absolute Gasteiger partial charge is 0.472 e. The molecule has 3 heteroatoms. The summed E-state index contributed by atoms with van der Waals surface area (Å²) in [6.07, 6.45) is 0.923. The van der Waals surface area contributed by atoms with Crippen LogP contribution < -0.4 is 4.90 Å². The number of nitrogens with zero attached hydrogens (tertiary/aromatic N) is 1. The molecular weight excluding hydrogens is 214 g/mol. The Kier molecular flexibility index (Phi) is 3.03. The highest BCUT2D eigenvalue weighted by Gasteiger charge is 2.17. The zero-order valence-electron chi connectivity index (χ0n) is 9.45. The minimum absolute atomic E-state index is 0.734. The third-order valence-electron chi connectivity index (χ3n) is 2.54. The van der Waals surface area contributed by atoms with E-state index in [0.29, 0.717) is 0 Å². The molecule has 0 atom stereocenters. The highest BCUT2D eigenvalue weighted by Crippen LogP contribution is 2.27. The molecule has 1 N–H and O–H groups in total. The molecular formula is C14H11NO2. The van der Waals surface area contributed by atoms with Crippen LogP contribution in [0.25, 0.3) is 0 Å². The molecule has 17 heavy (non-hydrogen) atoms. The van der Waals surface area contributed by atoms with E-state index in [0.717, 1.165) is 24.2 Å². The number of rotatable bonds is 0. The summed E-state index contributed by atoms with van der Waals surface area (Å²) in [5.74, 6) is 6.50. The van der Waals surface area contributed by atoms with Crippen molar-refractivity contribution in [3.63, 3.8) is 0 Å². The molecule has 0 fully saturated rings. The van der Waals surface area contributed by atoms with Gasteiger partial charge in [0.25, 0.3) is 0 Å². The number of carboxylic acids is 1. The van der Waals surface area contributed by atoms with Gasteiger partial charge in [0.05, 0.1) is 5.69 Å². The molecule has 0 amide bonds. The lowest BCUT2D eigenvalue weighted by atomic mass is 10.1. The summed E-state index contributed by atoms with van der Waals surface area (Å²) in [5.41, 5.74) is 3.00. The van der Waals surface area contributed by atoms with E-state index in [9.17, 15) is 4.79 Å². The summed E-state index contributed by atoms with van der Waals surface area (Å²) in [7, 11) is 0. The van der Waals surface area contributed by atoms with E-state index in [1.54, 1.807) is 0 Å². The van der Waals surface area contributed by atoms with Crippen LogP contribution in [0, 0.1) is 23.8 Å². The van der Waals surface area contributed by atoms with Crippen LogP contribution in [0.1, 0.15) is 18.1 Å². The lowest BCUT2D eigenvalue weighted by molar-refractivity contribution is -0.130. The molecule has 0 saturated carbocycles. The molecule has 1 aromatic carbocycles. The van der Waals surface area contributed by atoms with Gasteiger partial charge in [0.15, 0.2) is 0 Å². The van der Waals surface area contributed by atoms with E-state index in [2.05, 4.69) is 23.8 Å². The molecule has 0 aliphatic carbocycles. The molecule has 1 aromatic rings. The highest BCUT2D eigenvalue weighted by molar-refractivity contribution is 5.87. The van der Waals surface area contributed by atoms with E-state index >= 15 is 0 Å². The monoisotopic (exact) mass is 225 g/mol. The smallest absolute Gasteiger partial charge is 0.382 e. The summed E-state index contributed by atoms with van der Waals surface area (Å²) >= 11 is 0. The maximum atomic E-state index is 10.3. The molecule has 0 spiro atoms. The number of carbonyl (C=O) groups is 1. The van der Waals surface area contributed by atoms with Crippen molar-refractivity contribution < 1.29 is 9.90 Å². The van der Waals surface area contributed by atoms with Crippen molar-refractivity contribution in [3.8, 4) is 23.8 Å². The Morgan fingerprint density at radius 1 is 1.47 bits per heavy atom. The van der Waals surface area contributed by atoms with Gasteiger partial charge in [-0.2, -0.15) is 0 Å². The SMILES string of the molecule is CC#CN1CCc2cc(C#CC(=O)O)ccc21. The summed E-state index contributed by atoms with van der Waals surface area (Å²) in [5, 5.41) is 8.48. The second kappa shape index (κ2) is 4.63. The molecule has 0 unspecified atom stereocenters. The van der Waals surface area contributed by atoms with E-state index in [1.807, 2.05) is 30.0 Å². The Bertz CT molecular complexity index is 582.